The molecular formula is C16H23F2N3O2. The van der Waals surface area contributed by atoms with Crippen LogP contribution in [0.2, 0.25) is 0 Å². The summed E-state index contributed by atoms with van der Waals surface area (Å²) in [4.78, 5) is 4.13. The maximum absolute atomic E-state index is 12.7. The average molecular weight is 327 g/mol. The molecule has 0 atom stereocenters. The van der Waals surface area contributed by atoms with Gasteiger partial charge >= 0.3 is 6.61 Å². The van der Waals surface area contributed by atoms with Gasteiger partial charge in [-0.15, -0.1) is 0 Å². The number of para-hydroxylation sites is 1. The van der Waals surface area contributed by atoms with Crippen molar-refractivity contribution in [2.24, 2.45) is 10.9 Å². The number of ether oxygens (including phenoxy) is 2. The standard InChI is InChI=1S/C16H23F2N3O2/c1-3-22-13-6-4-5-12(14(13)23-15(17)18)10-21-16(19-2)20-9-11-7-8-11/h4-6,11,15H,3,7-10H2,1-2H3,(H2,19,20,21). The summed E-state index contributed by atoms with van der Waals surface area (Å²) >= 11 is 0. The Hall–Kier alpha value is -2.05. The van der Waals surface area contributed by atoms with Gasteiger partial charge in [0.2, 0.25) is 0 Å². The highest BCUT2D eigenvalue weighted by atomic mass is 19.3. The molecule has 5 nitrogen and oxygen atoms in total. The molecule has 2 N–H and O–H groups in total. The van der Waals surface area contributed by atoms with E-state index in [1.54, 1.807) is 32.2 Å². The second kappa shape index (κ2) is 8.55. The van der Waals surface area contributed by atoms with Crippen molar-refractivity contribution in [1.29, 1.82) is 0 Å². The van der Waals surface area contributed by atoms with E-state index in [1.807, 2.05) is 0 Å². The van der Waals surface area contributed by atoms with Crippen LogP contribution in [0.25, 0.3) is 0 Å². The summed E-state index contributed by atoms with van der Waals surface area (Å²) in [5.41, 5.74) is 0.589. The zero-order valence-electron chi connectivity index (χ0n) is 13.4. The fraction of sp³-hybridized carbons (Fsp3) is 0.562. The molecule has 1 aliphatic rings. The van der Waals surface area contributed by atoms with Crippen LogP contribution in [0.1, 0.15) is 25.3 Å². The van der Waals surface area contributed by atoms with Crippen molar-refractivity contribution in [3.8, 4) is 11.5 Å². The highest BCUT2D eigenvalue weighted by Gasteiger charge is 2.21. The maximum Gasteiger partial charge on any atom is 0.387 e. The fourth-order valence-electron chi connectivity index (χ4n) is 2.16. The van der Waals surface area contributed by atoms with Gasteiger partial charge in [-0.25, -0.2) is 0 Å². The number of aliphatic imine (C=N–C) groups is 1. The van der Waals surface area contributed by atoms with Crippen LogP contribution in [0.5, 0.6) is 11.5 Å². The summed E-state index contributed by atoms with van der Waals surface area (Å²) < 4.78 is 35.3. The van der Waals surface area contributed by atoms with Crippen LogP contribution in [0.15, 0.2) is 23.2 Å². The predicted molar refractivity (Wildman–Crippen MR) is 85.2 cm³/mol. The normalized spacial score (nSPS) is 14.7. The molecule has 0 unspecified atom stereocenters. The van der Waals surface area contributed by atoms with Gasteiger partial charge in [-0.05, 0) is 31.7 Å². The quantitative estimate of drug-likeness (QED) is 0.569. The lowest BCUT2D eigenvalue weighted by Gasteiger charge is -2.17. The van der Waals surface area contributed by atoms with Crippen LogP contribution >= 0.6 is 0 Å². The summed E-state index contributed by atoms with van der Waals surface area (Å²) in [6, 6.07) is 5.09. The van der Waals surface area contributed by atoms with E-state index < -0.39 is 6.61 Å². The van der Waals surface area contributed by atoms with Crippen LogP contribution in [-0.4, -0.2) is 32.8 Å². The zero-order chi connectivity index (χ0) is 16.7. The van der Waals surface area contributed by atoms with Crippen molar-refractivity contribution in [1.82, 2.24) is 10.6 Å². The Labute approximate surface area is 135 Å². The molecule has 7 heteroatoms. The van der Waals surface area contributed by atoms with Gasteiger partial charge in [0.05, 0.1) is 6.61 Å². The number of nitrogens with zero attached hydrogens (tertiary/aromatic N) is 1. The average Bonchev–Trinajstić information content (AvgIpc) is 3.34. The molecule has 128 valence electrons. The first kappa shape index (κ1) is 17.3. The number of guanidine groups is 1. The molecule has 1 aromatic carbocycles. The van der Waals surface area contributed by atoms with Gasteiger partial charge in [-0.1, -0.05) is 12.1 Å². The minimum absolute atomic E-state index is 0.0643. The zero-order valence-corrected chi connectivity index (χ0v) is 13.4. The third-order valence-electron chi connectivity index (χ3n) is 3.49. The fourth-order valence-corrected chi connectivity index (χ4v) is 2.16. The molecule has 2 rings (SSSR count). The summed E-state index contributed by atoms with van der Waals surface area (Å²) in [6.45, 7) is 0.455. The molecule has 23 heavy (non-hydrogen) atoms. The van der Waals surface area contributed by atoms with Crippen molar-refractivity contribution in [2.45, 2.75) is 32.9 Å². The second-order valence-corrected chi connectivity index (χ2v) is 5.31. The largest absolute Gasteiger partial charge is 0.490 e. The van der Waals surface area contributed by atoms with Crippen LogP contribution in [0, 0.1) is 5.92 Å². The van der Waals surface area contributed by atoms with E-state index in [4.69, 9.17) is 4.74 Å². The van der Waals surface area contributed by atoms with Gasteiger partial charge in [-0.2, -0.15) is 8.78 Å². The Morgan fingerprint density at radius 3 is 2.74 bits per heavy atom. The van der Waals surface area contributed by atoms with Crippen LogP contribution in [0.4, 0.5) is 8.78 Å². The molecule has 0 amide bonds. The molecule has 0 spiro atoms. The monoisotopic (exact) mass is 327 g/mol. The lowest BCUT2D eigenvalue weighted by atomic mass is 10.2. The molecule has 0 aromatic heterocycles. The lowest BCUT2D eigenvalue weighted by Crippen LogP contribution is -2.37. The van der Waals surface area contributed by atoms with E-state index >= 15 is 0 Å². The first-order chi connectivity index (χ1) is 11.1. The molecule has 0 saturated heterocycles. The number of rotatable bonds is 8. The predicted octanol–water partition coefficient (Wildman–Crippen LogP) is 2.76. The van der Waals surface area contributed by atoms with Crippen molar-refractivity contribution >= 4 is 5.96 Å². The minimum atomic E-state index is -2.90. The van der Waals surface area contributed by atoms with E-state index in [0.29, 0.717) is 36.3 Å². The van der Waals surface area contributed by atoms with E-state index in [2.05, 4.69) is 20.4 Å². The van der Waals surface area contributed by atoms with Gasteiger partial charge in [0.15, 0.2) is 17.5 Å². The Kier molecular flexibility index (Phi) is 6.43. The van der Waals surface area contributed by atoms with Gasteiger partial charge in [0, 0.05) is 25.7 Å². The number of halogens is 2. The van der Waals surface area contributed by atoms with Crippen LogP contribution in [-0.2, 0) is 6.54 Å². The third-order valence-corrected chi connectivity index (χ3v) is 3.49. The molecule has 0 heterocycles. The topological polar surface area (TPSA) is 54.9 Å². The first-order valence-corrected chi connectivity index (χ1v) is 7.78. The Balaban J connectivity index is 2.02. The Morgan fingerprint density at radius 1 is 1.35 bits per heavy atom. The third kappa shape index (κ3) is 5.58. The van der Waals surface area contributed by atoms with Crippen molar-refractivity contribution < 1.29 is 18.3 Å². The molecule has 1 aliphatic carbocycles. The molecule has 0 aliphatic heterocycles. The van der Waals surface area contributed by atoms with Gasteiger partial charge in [0.25, 0.3) is 0 Å². The number of hydrogen-bond donors (Lipinski definition) is 2. The molecule has 1 fully saturated rings. The minimum Gasteiger partial charge on any atom is -0.490 e. The first-order valence-electron chi connectivity index (χ1n) is 7.78. The van der Waals surface area contributed by atoms with E-state index in [-0.39, 0.29) is 5.75 Å². The summed E-state index contributed by atoms with van der Waals surface area (Å²) in [5.74, 6) is 1.73. The van der Waals surface area contributed by atoms with Crippen LogP contribution in [0.3, 0.4) is 0 Å². The summed E-state index contributed by atoms with van der Waals surface area (Å²) in [5, 5.41) is 6.33. The van der Waals surface area contributed by atoms with Gasteiger partial charge in [0.1, 0.15) is 0 Å². The SMILES string of the molecule is CCOc1cccc(CNC(=NC)NCC2CC2)c1OC(F)F. The Morgan fingerprint density at radius 2 is 2.13 bits per heavy atom. The van der Waals surface area contributed by atoms with Crippen molar-refractivity contribution in [2.75, 3.05) is 20.2 Å². The van der Waals surface area contributed by atoms with Gasteiger partial charge < -0.3 is 20.1 Å². The molecule has 0 bridgehead atoms. The number of nitrogens with one attached hydrogen (secondary N) is 2. The number of alkyl halides is 2. The highest BCUT2D eigenvalue weighted by Crippen LogP contribution is 2.32. The van der Waals surface area contributed by atoms with Crippen molar-refractivity contribution in [3.05, 3.63) is 23.8 Å². The van der Waals surface area contributed by atoms with Crippen LogP contribution < -0.4 is 20.1 Å². The molecule has 1 saturated carbocycles. The second-order valence-electron chi connectivity index (χ2n) is 5.31. The Bertz CT molecular complexity index is 534. The smallest absolute Gasteiger partial charge is 0.387 e. The summed E-state index contributed by atoms with van der Waals surface area (Å²) in [6.07, 6.45) is 2.49. The summed E-state index contributed by atoms with van der Waals surface area (Å²) in [7, 11) is 1.68. The maximum atomic E-state index is 12.7. The van der Waals surface area contributed by atoms with Gasteiger partial charge in [-0.3, -0.25) is 4.99 Å². The number of hydrogen-bond acceptors (Lipinski definition) is 3. The number of benzene rings is 1. The highest BCUT2D eigenvalue weighted by molar-refractivity contribution is 5.79. The lowest BCUT2D eigenvalue weighted by molar-refractivity contribution is -0.0520. The van der Waals surface area contributed by atoms with E-state index in [0.717, 1.165) is 6.54 Å². The molecular weight excluding hydrogens is 304 g/mol. The van der Waals surface area contributed by atoms with Crippen molar-refractivity contribution in [3.63, 3.8) is 0 Å². The molecule has 0 radical (unpaired) electrons. The molecule has 1 aromatic rings. The van der Waals surface area contributed by atoms with E-state index in [1.165, 1.54) is 12.8 Å². The van der Waals surface area contributed by atoms with E-state index in [9.17, 15) is 8.78 Å².